The van der Waals surface area contributed by atoms with Gasteiger partial charge in [0.25, 0.3) is 5.92 Å². The molecule has 0 spiro atoms. The summed E-state index contributed by atoms with van der Waals surface area (Å²) in [4.78, 5) is 11.9. The van der Waals surface area contributed by atoms with Crippen molar-refractivity contribution < 1.29 is 23.0 Å². The van der Waals surface area contributed by atoms with Gasteiger partial charge in [0.2, 0.25) is 0 Å². The third-order valence-corrected chi connectivity index (χ3v) is 2.63. The molecule has 0 saturated heterocycles. The summed E-state index contributed by atoms with van der Waals surface area (Å²) in [5, 5.41) is 2.64. The van der Waals surface area contributed by atoms with Crippen LogP contribution >= 0.6 is 0 Å². The number of halogens is 2. The van der Waals surface area contributed by atoms with Crippen molar-refractivity contribution in [2.45, 2.75) is 12.8 Å². The lowest BCUT2D eigenvalue weighted by molar-refractivity contribution is 0.0162. The number of methoxy groups -OCH3 is 2. The molecule has 19 heavy (non-hydrogen) atoms. The largest absolute Gasteiger partial charge is 0.493 e. The topological polar surface area (TPSA) is 47.6 Å². The Balaban J connectivity index is 3.45. The van der Waals surface area contributed by atoms with Crippen LogP contribution in [0.3, 0.4) is 0 Å². The number of benzene rings is 1. The minimum Gasteiger partial charge on any atom is -0.493 e. The van der Waals surface area contributed by atoms with Crippen LogP contribution in [0, 0.1) is 0 Å². The number of ether oxygens (including phenoxy) is 2. The molecule has 0 aromatic heterocycles. The number of likely N-dealkylation sites (N-methyl/N-ethyl adjacent to an activating group) is 1. The molecule has 0 aliphatic rings. The molecule has 1 aromatic rings. The van der Waals surface area contributed by atoms with E-state index in [4.69, 9.17) is 9.47 Å². The second-order valence-electron chi connectivity index (χ2n) is 4.09. The lowest BCUT2D eigenvalue weighted by Gasteiger charge is -2.18. The van der Waals surface area contributed by atoms with Gasteiger partial charge in [0.15, 0.2) is 17.3 Å². The van der Waals surface area contributed by atoms with E-state index in [2.05, 4.69) is 5.32 Å². The molecule has 6 heteroatoms. The number of carbonyl (C=O) groups is 1. The fraction of sp³-hybridized carbons (Fsp3) is 0.462. The summed E-state index contributed by atoms with van der Waals surface area (Å²) in [6, 6.07) is 2.42. The van der Waals surface area contributed by atoms with Crippen LogP contribution in [0.15, 0.2) is 12.1 Å². The summed E-state index contributed by atoms with van der Waals surface area (Å²) in [6.07, 6.45) is 0. The minimum atomic E-state index is -3.14. The Morgan fingerprint density at radius 3 is 2.21 bits per heavy atom. The van der Waals surface area contributed by atoms with Crippen molar-refractivity contribution in [3.8, 4) is 11.5 Å². The van der Waals surface area contributed by atoms with E-state index in [9.17, 15) is 13.6 Å². The Morgan fingerprint density at radius 1 is 1.26 bits per heavy atom. The Kier molecular flexibility index (Phi) is 4.83. The maximum atomic E-state index is 13.6. The van der Waals surface area contributed by atoms with E-state index >= 15 is 0 Å². The summed E-state index contributed by atoms with van der Waals surface area (Å²) in [7, 11) is 4.31. The third-order valence-electron chi connectivity index (χ3n) is 2.63. The molecule has 0 unspecified atom stereocenters. The normalized spacial score (nSPS) is 11.3. The van der Waals surface area contributed by atoms with Gasteiger partial charge in [0, 0.05) is 18.1 Å². The standard InChI is InChI=1S/C13H17F2NO3/c1-13(14,15)9-6-12(19-4)11(18-3)5-8(9)10(17)7-16-2/h5-6,16H,7H2,1-4H3. The van der Waals surface area contributed by atoms with Crippen molar-refractivity contribution >= 4 is 5.78 Å². The molecule has 0 aliphatic heterocycles. The van der Waals surface area contributed by atoms with Crippen LogP contribution in [-0.2, 0) is 5.92 Å². The fourth-order valence-corrected chi connectivity index (χ4v) is 1.73. The minimum absolute atomic E-state index is 0.0292. The molecule has 0 saturated carbocycles. The highest BCUT2D eigenvalue weighted by molar-refractivity contribution is 5.99. The number of rotatable bonds is 6. The Bertz CT molecular complexity index is 470. The van der Waals surface area contributed by atoms with Crippen LogP contribution in [0.5, 0.6) is 11.5 Å². The van der Waals surface area contributed by atoms with E-state index in [0.717, 1.165) is 13.0 Å². The zero-order chi connectivity index (χ0) is 14.6. The van der Waals surface area contributed by atoms with E-state index in [0.29, 0.717) is 0 Å². The summed E-state index contributed by atoms with van der Waals surface area (Å²) in [6.45, 7) is 0.711. The van der Waals surface area contributed by atoms with Crippen LogP contribution in [0.4, 0.5) is 8.78 Å². The first-order chi connectivity index (χ1) is 8.85. The van der Waals surface area contributed by atoms with Gasteiger partial charge in [-0.1, -0.05) is 0 Å². The predicted molar refractivity (Wildman–Crippen MR) is 67.4 cm³/mol. The quantitative estimate of drug-likeness (QED) is 0.807. The van der Waals surface area contributed by atoms with Gasteiger partial charge < -0.3 is 14.8 Å². The van der Waals surface area contributed by atoms with Crippen LogP contribution in [0.25, 0.3) is 0 Å². The highest BCUT2D eigenvalue weighted by Gasteiger charge is 2.31. The first-order valence-corrected chi connectivity index (χ1v) is 5.67. The molecule has 4 nitrogen and oxygen atoms in total. The monoisotopic (exact) mass is 273 g/mol. The van der Waals surface area contributed by atoms with Gasteiger partial charge in [-0.25, -0.2) is 8.78 Å². The van der Waals surface area contributed by atoms with Crippen LogP contribution in [-0.4, -0.2) is 33.6 Å². The lowest BCUT2D eigenvalue weighted by atomic mass is 9.98. The number of hydrogen-bond donors (Lipinski definition) is 1. The molecular formula is C13H17F2NO3. The number of Topliss-reactive ketones (excluding diaryl/α,β-unsaturated/α-hetero) is 1. The Labute approximate surface area is 110 Å². The average molecular weight is 273 g/mol. The molecule has 106 valence electrons. The second kappa shape index (κ2) is 5.97. The van der Waals surface area contributed by atoms with Crippen molar-refractivity contribution in [3.63, 3.8) is 0 Å². The van der Waals surface area contributed by atoms with Gasteiger partial charge in [0.05, 0.1) is 20.8 Å². The van der Waals surface area contributed by atoms with Crippen LogP contribution < -0.4 is 14.8 Å². The zero-order valence-corrected chi connectivity index (χ0v) is 11.3. The Hall–Kier alpha value is -1.69. The number of hydrogen-bond acceptors (Lipinski definition) is 4. The lowest BCUT2D eigenvalue weighted by Crippen LogP contribution is -2.22. The zero-order valence-electron chi connectivity index (χ0n) is 11.3. The van der Waals surface area contributed by atoms with Gasteiger partial charge in [-0.2, -0.15) is 0 Å². The van der Waals surface area contributed by atoms with Gasteiger partial charge in [-0.3, -0.25) is 4.79 Å². The number of ketones is 1. The summed E-state index contributed by atoms with van der Waals surface area (Å²) >= 11 is 0. The fourth-order valence-electron chi connectivity index (χ4n) is 1.73. The molecule has 0 atom stereocenters. The highest BCUT2D eigenvalue weighted by atomic mass is 19.3. The van der Waals surface area contributed by atoms with Crippen molar-refractivity contribution in [2.75, 3.05) is 27.8 Å². The first-order valence-electron chi connectivity index (χ1n) is 5.67. The van der Waals surface area contributed by atoms with E-state index in [1.165, 1.54) is 20.3 Å². The van der Waals surface area contributed by atoms with Crippen molar-refractivity contribution in [2.24, 2.45) is 0 Å². The van der Waals surface area contributed by atoms with Gasteiger partial charge in [0.1, 0.15) is 0 Å². The molecule has 0 radical (unpaired) electrons. The second-order valence-corrected chi connectivity index (χ2v) is 4.09. The number of carbonyl (C=O) groups excluding carboxylic acids is 1. The molecular weight excluding hydrogens is 256 g/mol. The highest BCUT2D eigenvalue weighted by Crippen LogP contribution is 2.38. The summed E-state index contributed by atoms with van der Waals surface area (Å²) < 4.78 is 37.2. The molecule has 0 bridgehead atoms. The van der Waals surface area contributed by atoms with E-state index in [-0.39, 0.29) is 29.2 Å². The molecule has 1 aromatic carbocycles. The van der Waals surface area contributed by atoms with E-state index in [1.807, 2.05) is 0 Å². The maximum absolute atomic E-state index is 13.6. The molecule has 0 amide bonds. The van der Waals surface area contributed by atoms with Crippen LogP contribution in [0.1, 0.15) is 22.8 Å². The molecule has 1 N–H and O–H groups in total. The first kappa shape index (κ1) is 15.4. The Morgan fingerprint density at radius 2 is 1.79 bits per heavy atom. The maximum Gasteiger partial charge on any atom is 0.271 e. The molecule has 0 fully saturated rings. The number of alkyl halides is 2. The number of nitrogens with one attached hydrogen (secondary N) is 1. The molecule has 1 rings (SSSR count). The van der Waals surface area contributed by atoms with Crippen molar-refractivity contribution in [1.29, 1.82) is 0 Å². The molecule has 0 heterocycles. The van der Waals surface area contributed by atoms with E-state index in [1.54, 1.807) is 7.05 Å². The predicted octanol–water partition coefficient (Wildman–Crippen LogP) is 2.22. The van der Waals surface area contributed by atoms with Crippen molar-refractivity contribution in [3.05, 3.63) is 23.3 Å². The smallest absolute Gasteiger partial charge is 0.271 e. The summed E-state index contributed by atoms with van der Waals surface area (Å²) in [5.74, 6) is -3.16. The summed E-state index contributed by atoms with van der Waals surface area (Å²) in [5.41, 5.74) is -0.440. The van der Waals surface area contributed by atoms with Gasteiger partial charge in [-0.15, -0.1) is 0 Å². The molecule has 0 aliphatic carbocycles. The van der Waals surface area contributed by atoms with E-state index < -0.39 is 11.7 Å². The SMILES string of the molecule is CNCC(=O)c1cc(OC)c(OC)cc1C(C)(F)F. The van der Waals surface area contributed by atoms with Gasteiger partial charge >= 0.3 is 0 Å². The van der Waals surface area contributed by atoms with Gasteiger partial charge in [-0.05, 0) is 19.2 Å². The van der Waals surface area contributed by atoms with Crippen LogP contribution in [0.2, 0.25) is 0 Å². The third kappa shape index (κ3) is 3.41. The average Bonchev–Trinajstić information content (AvgIpc) is 2.36. The van der Waals surface area contributed by atoms with Crippen molar-refractivity contribution in [1.82, 2.24) is 5.32 Å².